The highest BCUT2D eigenvalue weighted by molar-refractivity contribution is 5.95. The zero-order valence-corrected chi connectivity index (χ0v) is 16.7. The van der Waals surface area contributed by atoms with Crippen molar-refractivity contribution in [3.63, 3.8) is 0 Å². The number of amides is 2. The number of hydrogen-bond donors (Lipinski definition) is 1. The topological polar surface area (TPSA) is 88.3 Å². The molecule has 1 aliphatic carbocycles. The number of carbonyl (C=O) groups excluding carboxylic acids is 2. The van der Waals surface area contributed by atoms with Gasteiger partial charge in [-0.05, 0) is 54.9 Å². The van der Waals surface area contributed by atoms with Crippen LogP contribution in [0.2, 0.25) is 0 Å². The van der Waals surface area contributed by atoms with Crippen LogP contribution in [0.1, 0.15) is 35.5 Å². The highest BCUT2D eigenvalue weighted by Gasteiger charge is 2.54. The quantitative estimate of drug-likeness (QED) is 0.706. The van der Waals surface area contributed by atoms with Gasteiger partial charge in [0.2, 0.25) is 5.91 Å². The van der Waals surface area contributed by atoms with E-state index in [9.17, 15) is 9.59 Å². The lowest BCUT2D eigenvalue weighted by molar-refractivity contribution is -0.132. The summed E-state index contributed by atoms with van der Waals surface area (Å²) in [5, 5.41) is 3.89. The van der Waals surface area contributed by atoms with Gasteiger partial charge in [0.25, 0.3) is 5.91 Å². The Hall–Kier alpha value is -3.22. The van der Waals surface area contributed by atoms with Crippen LogP contribution in [0.15, 0.2) is 53.3 Å². The molecule has 3 aromatic heterocycles. The molecule has 2 amide bonds. The minimum Gasteiger partial charge on any atom is -0.449 e. The number of pyridine rings is 2. The maximum atomic E-state index is 12.5. The summed E-state index contributed by atoms with van der Waals surface area (Å²) >= 11 is 0. The van der Waals surface area contributed by atoms with Gasteiger partial charge in [-0.2, -0.15) is 0 Å². The van der Waals surface area contributed by atoms with Crippen LogP contribution in [-0.4, -0.2) is 46.3 Å². The number of nitrogens with zero attached hydrogens (tertiary/aromatic N) is 3. The van der Waals surface area contributed by atoms with Gasteiger partial charge in [-0.1, -0.05) is 6.07 Å². The van der Waals surface area contributed by atoms with Gasteiger partial charge < -0.3 is 14.6 Å². The van der Waals surface area contributed by atoms with Crippen LogP contribution < -0.4 is 5.32 Å². The molecule has 1 spiro atoms. The van der Waals surface area contributed by atoms with Crippen LogP contribution >= 0.6 is 0 Å². The molecule has 1 N–H and O–H groups in total. The van der Waals surface area contributed by atoms with Gasteiger partial charge in [0.15, 0.2) is 11.3 Å². The number of likely N-dealkylation sites (tertiary alicyclic amines) is 1. The summed E-state index contributed by atoms with van der Waals surface area (Å²) in [4.78, 5) is 35.2. The van der Waals surface area contributed by atoms with E-state index in [0.29, 0.717) is 30.2 Å². The van der Waals surface area contributed by atoms with Crippen LogP contribution in [0.5, 0.6) is 0 Å². The highest BCUT2D eigenvalue weighted by atomic mass is 16.3. The lowest BCUT2D eigenvalue weighted by Gasteiger charge is -2.33. The van der Waals surface area contributed by atoms with Crippen molar-refractivity contribution in [2.24, 2.45) is 11.3 Å². The number of carbonyl (C=O) groups is 2. The molecule has 0 radical (unpaired) electrons. The predicted octanol–water partition coefficient (Wildman–Crippen LogP) is 2.82. The maximum absolute atomic E-state index is 12.5. The summed E-state index contributed by atoms with van der Waals surface area (Å²) in [5.74, 6) is 0.757. The average Bonchev–Trinajstić information content (AvgIpc) is 3.25. The molecule has 1 unspecified atom stereocenters. The first kappa shape index (κ1) is 18.8. The first-order valence-electron chi connectivity index (χ1n) is 10.4. The van der Waals surface area contributed by atoms with Gasteiger partial charge in [0.05, 0.1) is 12.6 Å². The Balaban J connectivity index is 1.10. The van der Waals surface area contributed by atoms with Crippen molar-refractivity contribution in [1.82, 2.24) is 20.2 Å². The zero-order valence-electron chi connectivity index (χ0n) is 16.7. The fraction of sp³-hybridized carbons (Fsp3) is 0.391. The smallest absolute Gasteiger partial charge is 0.287 e. The Morgan fingerprint density at radius 3 is 2.83 bits per heavy atom. The van der Waals surface area contributed by atoms with Crippen molar-refractivity contribution in [2.75, 3.05) is 19.6 Å². The van der Waals surface area contributed by atoms with E-state index in [1.165, 1.54) is 0 Å². The normalized spacial score (nSPS) is 19.7. The van der Waals surface area contributed by atoms with E-state index in [1.54, 1.807) is 24.7 Å². The molecule has 2 fully saturated rings. The molecule has 1 saturated heterocycles. The number of aromatic nitrogens is 2. The second-order valence-corrected chi connectivity index (χ2v) is 8.38. The number of fused-ring (bicyclic) bond motifs is 1. The Bertz CT molecular complexity index is 1040. The highest BCUT2D eigenvalue weighted by Crippen LogP contribution is 2.59. The molecule has 2 aliphatic rings. The Morgan fingerprint density at radius 2 is 2.07 bits per heavy atom. The third-order valence-electron chi connectivity index (χ3n) is 6.59. The third kappa shape index (κ3) is 3.67. The van der Waals surface area contributed by atoms with E-state index >= 15 is 0 Å². The van der Waals surface area contributed by atoms with Crippen molar-refractivity contribution < 1.29 is 14.0 Å². The molecule has 1 saturated carbocycles. The molecular formula is C23H24N4O3. The first-order valence-corrected chi connectivity index (χ1v) is 10.4. The van der Waals surface area contributed by atoms with Crippen LogP contribution in [0.3, 0.4) is 0 Å². The summed E-state index contributed by atoms with van der Waals surface area (Å²) < 4.78 is 5.58. The summed E-state index contributed by atoms with van der Waals surface area (Å²) in [6.45, 7) is 2.22. The van der Waals surface area contributed by atoms with Crippen LogP contribution in [-0.2, 0) is 11.2 Å². The first-order chi connectivity index (χ1) is 14.6. The molecule has 3 aromatic rings. The summed E-state index contributed by atoms with van der Waals surface area (Å²) in [6.07, 6.45) is 8.49. The van der Waals surface area contributed by atoms with Crippen LogP contribution in [0, 0.1) is 11.3 Å². The number of rotatable bonds is 5. The number of piperidine rings is 1. The van der Waals surface area contributed by atoms with E-state index in [1.807, 2.05) is 29.2 Å². The SMILES string of the molecule is O=C(NCC1CC12CCN(C(=O)Cc1ccccn1)CC2)c1cc2ccncc2o1. The zero-order chi connectivity index (χ0) is 20.6. The molecule has 154 valence electrons. The standard InChI is InChI=1S/C23H24N4O3/c28-21(12-18-3-1-2-7-25-18)27-9-5-23(6-10-27)13-17(23)14-26-22(29)19-11-16-4-8-24-15-20(16)30-19/h1-4,7-8,11,15,17H,5-6,9-10,12-14H2,(H,26,29). The monoisotopic (exact) mass is 404 g/mol. The largest absolute Gasteiger partial charge is 0.449 e. The Morgan fingerprint density at radius 1 is 1.20 bits per heavy atom. The second-order valence-electron chi connectivity index (χ2n) is 8.38. The van der Waals surface area contributed by atoms with E-state index < -0.39 is 0 Å². The maximum Gasteiger partial charge on any atom is 0.287 e. The summed E-state index contributed by atoms with van der Waals surface area (Å²) in [6, 6.07) is 9.23. The summed E-state index contributed by atoms with van der Waals surface area (Å²) in [7, 11) is 0. The number of hydrogen-bond acceptors (Lipinski definition) is 5. The number of nitrogens with one attached hydrogen (secondary N) is 1. The molecule has 7 nitrogen and oxygen atoms in total. The van der Waals surface area contributed by atoms with Crippen molar-refractivity contribution in [3.8, 4) is 0 Å². The molecule has 7 heteroatoms. The predicted molar refractivity (Wildman–Crippen MR) is 111 cm³/mol. The molecule has 30 heavy (non-hydrogen) atoms. The molecule has 4 heterocycles. The molecular weight excluding hydrogens is 380 g/mol. The average molecular weight is 404 g/mol. The minimum atomic E-state index is -0.184. The third-order valence-corrected chi connectivity index (χ3v) is 6.59. The molecule has 1 aliphatic heterocycles. The van der Waals surface area contributed by atoms with Crippen molar-refractivity contribution in [1.29, 1.82) is 0 Å². The van der Waals surface area contributed by atoms with Crippen molar-refractivity contribution in [2.45, 2.75) is 25.7 Å². The van der Waals surface area contributed by atoms with Gasteiger partial charge in [-0.15, -0.1) is 0 Å². The lowest BCUT2D eigenvalue weighted by atomic mass is 9.90. The van der Waals surface area contributed by atoms with Crippen LogP contribution in [0.25, 0.3) is 11.0 Å². The van der Waals surface area contributed by atoms with E-state index in [4.69, 9.17) is 4.42 Å². The second kappa shape index (κ2) is 7.55. The van der Waals surface area contributed by atoms with Crippen molar-refractivity contribution >= 4 is 22.8 Å². The number of furan rings is 1. The van der Waals surface area contributed by atoms with Gasteiger partial charge in [0, 0.05) is 43.1 Å². The van der Waals surface area contributed by atoms with Crippen molar-refractivity contribution in [3.05, 3.63) is 60.4 Å². The lowest BCUT2D eigenvalue weighted by Crippen LogP contribution is -2.41. The van der Waals surface area contributed by atoms with Crippen LogP contribution in [0.4, 0.5) is 0 Å². The fourth-order valence-corrected chi connectivity index (χ4v) is 4.60. The molecule has 0 aromatic carbocycles. The Labute approximate surface area is 174 Å². The van der Waals surface area contributed by atoms with E-state index in [-0.39, 0.29) is 17.2 Å². The van der Waals surface area contributed by atoms with Gasteiger partial charge in [0.1, 0.15) is 0 Å². The molecule has 1 atom stereocenters. The van der Waals surface area contributed by atoms with Gasteiger partial charge in [-0.25, -0.2) is 0 Å². The summed E-state index contributed by atoms with van der Waals surface area (Å²) in [5.41, 5.74) is 1.71. The Kier molecular flexibility index (Phi) is 4.73. The van der Waals surface area contributed by atoms with Gasteiger partial charge >= 0.3 is 0 Å². The van der Waals surface area contributed by atoms with E-state index in [0.717, 1.165) is 43.4 Å². The minimum absolute atomic E-state index is 0.147. The molecule has 0 bridgehead atoms. The molecule has 5 rings (SSSR count). The van der Waals surface area contributed by atoms with Gasteiger partial charge in [-0.3, -0.25) is 19.6 Å². The fourth-order valence-electron chi connectivity index (χ4n) is 4.60. The van der Waals surface area contributed by atoms with E-state index in [2.05, 4.69) is 15.3 Å².